The minimum Gasteiger partial charge on any atom is -0.484 e. The molecule has 1 fully saturated rings. The van der Waals surface area contributed by atoms with Crippen molar-refractivity contribution < 1.29 is 24.2 Å². The monoisotopic (exact) mass is 348 g/mol. The van der Waals surface area contributed by atoms with Crippen LogP contribution >= 0.6 is 11.8 Å². The molecule has 3 rings (SSSR count). The Morgan fingerprint density at radius 1 is 1.38 bits per heavy atom. The molecule has 2 aliphatic heterocycles. The standard InChI is InChI=1S/C16H16N2O5S/c1-9-14(16(21)22)18-11(8-24-9)13(15(18)20)17-12(19)7-23-10-5-3-2-4-6-10/h2-6,11,13H,7-8H2,1H3,(H,17,19)(H,21,22)/t11-,13+/m0/s1. The van der Waals surface area contributed by atoms with Crippen LogP contribution in [0.1, 0.15) is 6.92 Å². The first kappa shape index (κ1) is 16.4. The number of carboxylic acids is 1. The molecule has 7 nitrogen and oxygen atoms in total. The van der Waals surface area contributed by atoms with Gasteiger partial charge >= 0.3 is 5.97 Å². The van der Waals surface area contributed by atoms with E-state index in [9.17, 15) is 19.5 Å². The van der Waals surface area contributed by atoms with E-state index in [1.807, 2.05) is 6.07 Å². The van der Waals surface area contributed by atoms with Crippen molar-refractivity contribution in [3.63, 3.8) is 0 Å². The van der Waals surface area contributed by atoms with Crippen LogP contribution in [0.4, 0.5) is 0 Å². The number of amides is 2. The number of carbonyl (C=O) groups is 3. The Labute approximate surface area is 142 Å². The number of carboxylic acid groups (broad SMARTS) is 1. The van der Waals surface area contributed by atoms with Gasteiger partial charge < -0.3 is 15.2 Å². The lowest BCUT2D eigenvalue weighted by molar-refractivity contribution is -0.153. The van der Waals surface area contributed by atoms with Crippen molar-refractivity contribution in [2.45, 2.75) is 19.0 Å². The van der Waals surface area contributed by atoms with Crippen LogP contribution in [-0.2, 0) is 14.4 Å². The molecule has 0 aliphatic carbocycles. The fourth-order valence-electron chi connectivity index (χ4n) is 2.73. The third kappa shape index (κ3) is 2.96. The Bertz CT molecular complexity index is 718. The summed E-state index contributed by atoms with van der Waals surface area (Å²) in [5, 5.41) is 11.9. The van der Waals surface area contributed by atoms with Crippen molar-refractivity contribution in [2.75, 3.05) is 12.4 Å². The van der Waals surface area contributed by atoms with E-state index in [1.54, 1.807) is 31.2 Å². The highest BCUT2D eigenvalue weighted by Crippen LogP contribution is 2.38. The van der Waals surface area contributed by atoms with Gasteiger partial charge in [-0.05, 0) is 19.1 Å². The Morgan fingerprint density at radius 2 is 2.08 bits per heavy atom. The molecule has 2 aliphatic rings. The quantitative estimate of drug-likeness (QED) is 0.765. The van der Waals surface area contributed by atoms with E-state index < -0.39 is 23.8 Å². The van der Waals surface area contributed by atoms with Gasteiger partial charge in [-0.25, -0.2) is 4.79 Å². The topological polar surface area (TPSA) is 95.9 Å². The molecule has 126 valence electrons. The zero-order chi connectivity index (χ0) is 17.3. The predicted molar refractivity (Wildman–Crippen MR) is 87.3 cm³/mol. The third-order valence-corrected chi connectivity index (χ3v) is 5.03. The van der Waals surface area contributed by atoms with E-state index in [2.05, 4.69) is 5.32 Å². The maximum absolute atomic E-state index is 12.2. The van der Waals surface area contributed by atoms with Crippen LogP contribution < -0.4 is 10.1 Å². The van der Waals surface area contributed by atoms with Gasteiger partial charge in [0.05, 0.1) is 6.04 Å². The second-order valence-electron chi connectivity index (χ2n) is 5.44. The molecule has 0 unspecified atom stereocenters. The fraction of sp³-hybridized carbons (Fsp3) is 0.312. The number of carbonyl (C=O) groups excluding carboxylic acids is 2. The van der Waals surface area contributed by atoms with Gasteiger partial charge in [0.2, 0.25) is 0 Å². The number of allylic oxidation sites excluding steroid dienone is 1. The highest BCUT2D eigenvalue weighted by molar-refractivity contribution is 8.03. The number of thioether (sulfide) groups is 1. The molecule has 8 heteroatoms. The largest absolute Gasteiger partial charge is 0.484 e. The van der Waals surface area contributed by atoms with Gasteiger partial charge in [0.15, 0.2) is 6.61 Å². The highest BCUT2D eigenvalue weighted by Gasteiger charge is 2.53. The molecule has 2 heterocycles. The molecule has 0 aromatic heterocycles. The maximum atomic E-state index is 12.2. The number of nitrogens with zero attached hydrogens (tertiary/aromatic N) is 1. The minimum absolute atomic E-state index is 0.00674. The fourth-order valence-corrected chi connectivity index (χ4v) is 3.82. The van der Waals surface area contributed by atoms with E-state index >= 15 is 0 Å². The molecule has 1 saturated heterocycles. The Morgan fingerprint density at radius 3 is 2.75 bits per heavy atom. The number of ether oxygens (including phenoxy) is 1. The van der Waals surface area contributed by atoms with Crippen LogP contribution in [0.25, 0.3) is 0 Å². The van der Waals surface area contributed by atoms with Crippen LogP contribution in [0.15, 0.2) is 40.9 Å². The van der Waals surface area contributed by atoms with Gasteiger partial charge in [-0.15, -0.1) is 11.8 Å². The van der Waals surface area contributed by atoms with E-state index in [0.717, 1.165) is 0 Å². The molecular formula is C16H16N2O5S. The zero-order valence-electron chi connectivity index (χ0n) is 12.9. The predicted octanol–water partition coefficient (Wildman–Crippen LogP) is 0.824. The Hall–Kier alpha value is -2.48. The number of aliphatic carboxylic acids is 1. The third-order valence-electron chi connectivity index (χ3n) is 3.90. The smallest absolute Gasteiger partial charge is 0.353 e. The summed E-state index contributed by atoms with van der Waals surface area (Å²) in [6.45, 7) is 1.48. The van der Waals surface area contributed by atoms with Crippen LogP contribution in [0.2, 0.25) is 0 Å². The highest BCUT2D eigenvalue weighted by atomic mass is 32.2. The second-order valence-corrected chi connectivity index (χ2v) is 6.68. The number of fused-ring (bicyclic) bond motifs is 1. The lowest BCUT2D eigenvalue weighted by Gasteiger charge is -2.49. The summed E-state index contributed by atoms with van der Waals surface area (Å²) in [6.07, 6.45) is 0. The van der Waals surface area contributed by atoms with E-state index in [1.165, 1.54) is 16.7 Å². The van der Waals surface area contributed by atoms with Crippen LogP contribution in [0.5, 0.6) is 5.75 Å². The molecular weight excluding hydrogens is 332 g/mol. The summed E-state index contributed by atoms with van der Waals surface area (Å²) in [7, 11) is 0. The molecule has 0 spiro atoms. The van der Waals surface area contributed by atoms with Gasteiger partial charge in [0, 0.05) is 10.7 Å². The number of nitrogens with one attached hydrogen (secondary N) is 1. The van der Waals surface area contributed by atoms with Gasteiger partial charge in [-0.2, -0.15) is 0 Å². The van der Waals surface area contributed by atoms with Crippen LogP contribution in [0, 0.1) is 0 Å². The van der Waals surface area contributed by atoms with Crippen molar-refractivity contribution >= 4 is 29.5 Å². The van der Waals surface area contributed by atoms with Crippen molar-refractivity contribution in [2.24, 2.45) is 0 Å². The first-order valence-electron chi connectivity index (χ1n) is 7.36. The lowest BCUT2D eigenvalue weighted by atomic mass is 9.94. The Balaban J connectivity index is 1.59. The number of benzene rings is 1. The van der Waals surface area contributed by atoms with Crippen molar-refractivity contribution in [1.82, 2.24) is 10.2 Å². The normalized spacial score (nSPS) is 22.5. The minimum atomic E-state index is -1.13. The molecule has 0 saturated carbocycles. The molecule has 1 aromatic carbocycles. The summed E-state index contributed by atoms with van der Waals surface area (Å²) in [5.74, 6) is -0.821. The number of para-hydroxylation sites is 1. The average molecular weight is 348 g/mol. The summed E-state index contributed by atoms with van der Waals surface area (Å²) in [5.41, 5.74) is 0.00674. The molecule has 1 aromatic rings. The lowest BCUT2D eigenvalue weighted by Crippen LogP contribution is -2.72. The zero-order valence-corrected chi connectivity index (χ0v) is 13.7. The van der Waals surface area contributed by atoms with Crippen molar-refractivity contribution in [3.8, 4) is 5.75 Å². The Kier molecular flexibility index (Phi) is 4.48. The number of rotatable bonds is 5. The summed E-state index contributed by atoms with van der Waals surface area (Å²) in [6, 6.07) is 7.85. The number of hydrogen-bond donors (Lipinski definition) is 2. The van der Waals surface area contributed by atoms with E-state index in [4.69, 9.17) is 4.74 Å². The molecule has 2 atom stereocenters. The molecule has 0 radical (unpaired) electrons. The summed E-state index contributed by atoms with van der Waals surface area (Å²) in [4.78, 5) is 37.4. The summed E-state index contributed by atoms with van der Waals surface area (Å²) >= 11 is 1.38. The molecule has 24 heavy (non-hydrogen) atoms. The average Bonchev–Trinajstić information content (AvgIpc) is 2.58. The summed E-state index contributed by atoms with van der Waals surface area (Å²) < 4.78 is 5.34. The van der Waals surface area contributed by atoms with Gasteiger partial charge in [0.1, 0.15) is 17.5 Å². The SMILES string of the molecule is CC1=C(C(=O)O)N2C(=O)[C@H](NC(=O)COc3ccccc3)[C@@H]2CS1. The van der Waals surface area contributed by atoms with Crippen molar-refractivity contribution in [1.29, 1.82) is 0 Å². The van der Waals surface area contributed by atoms with E-state index in [0.29, 0.717) is 16.4 Å². The van der Waals surface area contributed by atoms with Crippen molar-refractivity contribution in [3.05, 3.63) is 40.9 Å². The second kappa shape index (κ2) is 6.56. The van der Waals surface area contributed by atoms with Crippen LogP contribution in [-0.4, -0.2) is 52.2 Å². The van der Waals surface area contributed by atoms with Gasteiger partial charge in [0.25, 0.3) is 11.8 Å². The molecule has 0 bridgehead atoms. The van der Waals surface area contributed by atoms with E-state index in [-0.39, 0.29) is 18.3 Å². The van der Waals surface area contributed by atoms with Crippen LogP contribution in [0.3, 0.4) is 0 Å². The molecule has 2 amide bonds. The number of hydrogen-bond acceptors (Lipinski definition) is 5. The van der Waals surface area contributed by atoms with Gasteiger partial charge in [-0.3, -0.25) is 14.5 Å². The molecule has 2 N–H and O–H groups in total. The number of β-lactam (4-membered cyclic amide) rings is 1. The first-order valence-corrected chi connectivity index (χ1v) is 8.35. The van der Waals surface area contributed by atoms with Gasteiger partial charge in [-0.1, -0.05) is 18.2 Å². The maximum Gasteiger partial charge on any atom is 0.353 e. The first-order chi connectivity index (χ1) is 11.5.